The van der Waals surface area contributed by atoms with Crippen LogP contribution in [-0.4, -0.2) is 17.9 Å². The highest BCUT2D eigenvalue weighted by molar-refractivity contribution is 6.43. The highest BCUT2D eigenvalue weighted by atomic mass is 35.5. The van der Waals surface area contributed by atoms with Crippen molar-refractivity contribution in [2.45, 2.75) is 6.54 Å². The van der Waals surface area contributed by atoms with Crippen molar-refractivity contribution in [2.24, 2.45) is 0 Å². The number of nitrogen functional groups attached to an aromatic ring is 1. The number of benzene rings is 2. The maximum atomic E-state index is 12.4. The van der Waals surface area contributed by atoms with Crippen LogP contribution in [0.2, 0.25) is 15.1 Å². The number of carbonyl (C=O) groups is 1. The van der Waals surface area contributed by atoms with Crippen LogP contribution >= 0.6 is 34.8 Å². The molecule has 2 aromatic carbocycles. The van der Waals surface area contributed by atoms with E-state index < -0.39 is 0 Å². The number of nitrogens with zero attached hydrogens (tertiary/aromatic N) is 1. The van der Waals surface area contributed by atoms with Crippen LogP contribution in [0.15, 0.2) is 36.4 Å². The van der Waals surface area contributed by atoms with Crippen LogP contribution in [0, 0.1) is 0 Å². The van der Waals surface area contributed by atoms with E-state index in [0.29, 0.717) is 27.8 Å². The predicted octanol–water partition coefficient (Wildman–Crippen LogP) is 4.50. The van der Waals surface area contributed by atoms with E-state index in [4.69, 9.17) is 40.5 Å². The van der Waals surface area contributed by atoms with E-state index in [9.17, 15) is 4.79 Å². The molecule has 0 bridgehead atoms. The largest absolute Gasteiger partial charge is 0.399 e. The van der Waals surface area contributed by atoms with Gasteiger partial charge in [0.05, 0.1) is 15.6 Å². The van der Waals surface area contributed by atoms with Crippen LogP contribution < -0.4 is 5.73 Å². The summed E-state index contributed by atoms with van der Waals surface area (Å²) in [6.07, 6.45) is 0. The number of nitrogens with two attached hydrogens (primary N) is 1. The minimum absolute atomic E-state index is 0.235. The number of amides is 1. The molecule has 0 atom stereocenters. The van der Waals surface area contributed by atoms with Crippen LogP contribution in [0.4, 0.5) is 5.69 Å². The Morgan fingerprint density at radius 3 is 2.57 bits per heavy atom. The summed E-state index contributed by atoms with van der Waals surface area (Å²) >= 11 is 18.1. The fourth-order valence-electron chi connectivity index (χ4n) is 1.92. The molecular formula is C15H13Cl3N2O. The third kappa shape index (κ3) is 3.62. The van der Waals surface area contributed by atoms with Crippen LogP contribution in [0.3, 0.4) is 0 Å². The van der Waals surface area contributed by atoms with Crippen molar-refractivity contribution in [2.75, 3.05) is 12.8 Å². The Balaban J connectivity index is 2.24. The maximum absolute atomic E-state index is 12.4. The van der Waals surface area contributed by atoms with Gasteiger partial charge >= 0.3 is 0 Å². The van der Waals surface area contributed by atoms with Gasteiger partial charge in [0.25, 0.3) is 5.91 Å². The lowest BCUT2D eigenvalue weighted by molar-refractivity contribution is 0.0785. The van der Waals surface area contributed by atoms with E-state index in [0.717, 1.165) is 5.56 Å². The van der Waals surface area contributed by atoms with Gasteiger partial charge in [-0.2, -0.15) is 0 Å². The molecule has 0 spiro atoms. The molecule has 0 aliphatic heterocycles. The second kappa shape index (κ2) is 6.56. The van der Waals surface area contributed by atoms with Crippen molar-refractivity contribution < 1.29 is 4.79 Å². The number of hydrogen-bond acceptors (Lipinski definition) is 2. The van der Waals surface area contributed by atoms with Crippen LogP contribution in [-0.2, 0) is 6.54 Å². The van der Waals surface area contributed by atoms with Crippen LogP contribution in [0.5, 0.6) is 0 Å². The van der Waals surface area contributed by atoms with Gasteiger partial charge in [0.2, 0.25) is 0 Å². The summed E-state index contributed by atoms with van der Waals surface area (Å²) in [6.45, 7) is 0.325. The van der Waals surface area contributed by atoms with Crippen molar-refractivity contribution in [3.63, 3.8) is 0 Å². The Labute approximate surface area is 138 Å². The summed E-state index contributed by atoms with van der Waals surface area (Å²) in [6, 6.07) is 10.1. The highest BCUT2D eigenvalue weighted by Gasteiger charge is 2.17. The number of anilines is 1. The molecule has 110 valence electrons. The summed E-state index contributed by atoms with van der Waals surface area (Å²) in [5, 5.41) is 1.15. The van der Waals surface area contributed by atoms with E-state index in [1.165, 1.54) is 4.90 Å². The summed E-state index contributed by atoms with van der Waals surface area (Å²) in [4.78, 5) is 13.9. The Kier molecular flexibility index (Phi) is 4.99. The molecule has 3 nitrogen and oxygen atoms in total. The maximum Gasteiger partial charge on any atom is 0.255 e. The molecule has 0 radical (unpaired) electrons. The van der Waals surface area contributed by atoms with E-state index >= 15 is 0 Å². The summed E-state index contributed by atoms with van der Waals surface area (Å²) in [5.41, 5.74) is 7.45. The topological polar surface area (TPSA) is 46.3 Å². The molecule has 1 amide bonds. The quantitative estimate of drug-likeness (QED) is 0.834. The molecule has 2 N–H and O–H groups in total. The zero-order valence-corrected chi connectivity index (χ0v) is 13.5. The monoisotopic (exact) mass is 342 g/mol. The molecule has 0 heterocycles. The smallest absolute Gasteiger partial charge is 0.255 e. The molecule has 2 aromatic rings. The lowest BCUT2D eigenvalue weighted by atomic mass is 10.1. The van der Waals surface area contributed by atoms with Crippen molar-refractivity contribution in [3.05, 3.63) is 62.6 Å². The van der Waals surface area contributed by atoms with Crippen molar-refractivity contribution in [1.82, 2.24) is 4.90 Å². The predicted molar refractivity (Wildman–Crippen MR) is 88.1 cm³/mol. The van der Waals surface area contributed by atoms with Gasteiger partial charge in [0.15, 0.2) is 0 Å². The molecule has 0 aliphatic rings. The summed E-state index contributed by atoms with van der Waals surface area (Å²) in [7, 11) is 1.67. The fourth-order valence-corrected chi connectivity index (χ4v) is 2.48. The first kappa shape index (κ1) is 16.0. The first-order valence-corrected chi connectivity index (χ1v) is 7.27. The van der Waals surface area contributed by atoms with Crippen LogP contribution in [0.1, 0.15) is 15.9 Å². The van der Waals surface area contributed by atoms with E-state index in [1.54, 1.807) is 43.4 Å². The first-order chi connectivity index (χ1) is 9.90. The third-order valence-electron chi connectivity index (χ3n) is 3.01. The lowest BCUT2D eigenvalue weighted by Crippen LogP contribution is -2.26. The van der Waals surface area contributed by atoms with Crippen molar-refractivity contribution in [3.8, 4) is 0 Å². The number of carbonyl (C=O) groups excluding carboxylic acids is 1. The summed E-state index contributed by atoms with van der Waals surface area (Å²) in [5.74, 6) is -0.235. The van der Waals surface area contributed by atoms with Gasteiger partial charge in [-0.15, -0.1) is 0 Å². The SMILES string of the molecule is CN(Cc1cc(N)ccc1Cl)C(=O)c1cccc(Cl)c1Cl. The molecule has 0 unspecified atom stereocenters. The zero-order valence-electron chi connectivity index (χ0n) is 11.2. The number of rotatable bonds is 3. The van der Waals surface area contributed by atoms with E-state index in [2.05, 4.69) is 0 Å². The number of halogens is 3. The number of hydrogen-bond donors (Lipinski definition) is 1. The zero-order chi connectivity index (χ0) is 15.6. The van der Waals surface area contributed by atoms with Gasteiger partial charge < -0.3 is 10.6 Å². The Morgan fingerprint density at radius 2 is 1.86 bits per heavy atom. The molecule has 0 saturated heterocycles. The van der Waals surface area contributed by atoms with Crippen molar-refractivity contribution in [1.29, 1.82) is 0 Å². The lowest BCUT2D eigenvalue weighted by Gasteiger charge is -2.19. The summed E-state index contributed by atoms with van der Waals surface area (Å²) < 4.78 is 0. The van der Waals surface area contributed by atoms with Gasteiger partial charge in [0.1, 0.15) is 0 Å². The van der Waals surface area contributed by atoms with Gasteiger partial charge in [-0.1, -0.05) is 40.9 Å². The average Bonchev–Trinajstić information content (AvgIpc) is 2.45. The van der Waals surface area contributed by atoms with E-state index in [1.807, 2.05) is 0 Å². The van der Waals surface area contributed by atoms with Crippen LogP contribution in [0.25, 0.3) is 0 Å². The standard InChI is InChI=1S/C15H13Cl3N2O/c1-20(8-9-7-10(19)5-6-12(9)16)15(21)11-3-2-4-13(17)14(11)18/h2-7H,8,19H2,1H3. The Morgan fingerprint density at radius 1 is 1.14 bits per heavy atom. The van der Waals surface area contributed by atoms with Gasteiger partial charge in [-0.25, -0.2) is 0 Å². The van der Waals surface area contributed by atoms with Gasteiger partial charge in [-0.05, 0) is 35.9 Å². The molecule has 6 heteroatoms. The Hall–Kier alpha value is -1.42. The molecule has 0 aliphatic carbocycles. The average molecular weight is 344 g/mol. The first-order valence-electron chi connectivity index (χ1n) is 6.13. The minimum Gasteiger partial charge on any atom is -0.399 e. The highest BCUT2D eigenvalue weighted by Crippen LogP contribution is 2.27. The van der Waals surface area contributed by atoms with Gasteiger partial charge in [-0.3, -0.25) is 4.79 Å². The third-order valence-corrected chi connectivity index (χ3v) is 4.19. The molecular weight excluding hydrogens is 331 g/mol. The van der Waals surface area contributed by atoms with E-state index in [-0.39, 0.29) is 10.9 Å². The second-order valence-corrected chi connectivity index (χ2v) is 5.81. The molecule has 2 rings (SSSR count). The molecule has 0 aromatic heterocycles. The molecule has 0 fully saturated rings. The fraction of sp³-hybridized carbons (Fsp3) is 0.133. The molecule has 0 saturated carbocycles. The Bertz CT molecular complexity index is 689. The normalized spacial score (nSPS) is 10.5. The molecule has 21 heavy (non-hydrogen) atoms. The van der Waals surface area contributed by atoms with Crippen molar-refractivity contribution >= 4 is 46.4 Å². The second-order valence-electron chi connectivity index (χ2n) is 4.61. The minimum atomic E-state index is -0.235. The van der Waals surface area contributed by atoms with Gasteiger partial charge in [0, 0.05) is 24.3 Å².